The van der Waals surface area contributed by atoms with Gasteiger partial charge >= 0.3 is 0 Å². The molecule has 1 aromatic heterocycles. The molecule has 1 unspecified atom stereocenters. The second kappa shape index (κ2) is 23.3. The van der Waals surface area contributed by atoms with Gasteiger partial charge in [0.25, 0.3) is 5.91 Å². The highest BCUT2D eigenvalue weighted by molar-refractivity contribution is 5.80. The number of carbonyl (C=O) groups is 2. The predicted molar refractivity (Wildman–Crippen MR) is 189 cm³/mol. The molecule has 1 fully saturated rings. The Morgan fingerprint density at radius 2 is 1.83 bits per heavy atom. The third-order valence-corrected chi connectivity index (χ3v) is 8.81. The molecular formula is C35H59N8O9+. The Morgan fingerprint density at radius 3 is 2.54 bits per heavy atom. The maximum atomic E-state index is 13.6. The van der Waals surface area contributed by atoms with Crippen molar-refractivity contribution in [2.45, 2.75) is 81.6 Å². The molecule has 3 rings (SSSR count). The Kier molecular flexibility index (Phi) is 19.3. The first-order chi connectivity index (χ1) is 25.0. The third kappa shape index (κ3) is 15.7. The van der Waals surface area contributed by atoms with E-state index in [0.717, 1.165) is 24.1 Å². The van der Waals surface area contributed by atoms with Crippen LogP contribution in [0.1, 0.15) is 49.3 Å². The van der Waals surface area contributed by atoms with Crippen LogP contribution in [0.5, 0.6) is 0 Å². The lowest BCUT2D eigenvalue weighted by Crippen LogP contribution is -2.54. The van der Waals surface area contributed by atoms with Gasteiger partial charge in [-0.25, -0.2) is 5.53 Å². The summed E-state index contributed by atoms with van der Waals surface area (Å²) in [6, 6.07) is 9.36. The van der Waals surface area contributed by atoms with Gasteiger partial charge in [0.05, 0.1) is 79.1 Å². The van der Waals surface area contributed by atoms with Gasteiger partial charge in [0.1, 0.15) is 12.2 Å². The second-order valence-electron chi connectivity index (χ2n) is 13.8. The van der Waals surface area contributed by atoms with Crippen molar-refractivity contribution in [1.29, 1.82) is 5.53 Å². The molecular weight excluding hydrogens is 676 g/mol. The standard InChI is InChI=1S/C35H58N8O9/c1-43(2,3)29(11-7-8-16-42-23-28(40-41-42)12-13-33(47)37-14-17-49-19-20-50-18-15-39-36)34(48)38-22-27(26-9-5-4-6-10-26)25-51-35-31(46)21-30(45)32(24-44)52-35/h4-6,9-10,23,27,29-32,35-36,44-46H,7-8,11-22,24-25H2,1-3H3,(H-,37,38,47,48)/p+1/t27?,29-,30-,31+,32+,35+/m0/s1. The molecule has 2 aromatic rings. The van der Waals surface area contributed by atoms with Gasteiger partial charge in [0, 0.05) is 57.4 Å². The largest absolute Gasteiger partial charge is 0.394 e. The number of carbonyl (C=O) groups excluding carboxylic acids is 2. The average molecular weight is 736 g/mol. The van der Waals surface area contributed by atoms with E-state index in [1.165, 1.54) is 0 Å². The summed E-state index contributed by atoms with van der Waals surface area (Å²) in [4.78, 5) is 25.8. The van der Waals surface area contributed by atoms with Gasteiger partial charge in [0.2, 0.25) is 5.91 Å². The van der Waals surface area contributed by atoms with Gasteiger partial charge in [-0.1, -0.05) is 35.5 Å². The van der Waals surface area contributed by atoms with E-state index >= 15 is 0 Å². The van der Waals surface area contributed by atoms with Crippen molar-refractivity contribution < 1.29 is 48.3 Å². The lowest BCUT2D eigenvalue weighted by molar-refractivity contribution is -0.886. The number of aromatic nitrogens is 3. The number of aliphatic hydroxyl groups is 3. The SMILES string of the molecule is C[N+](C)(C)[C@@H](CCCCn1cc(CCC(=O)NCCOCCOCCN=N)nn1)C(=O)NCC(CO[C@@H]1O[C@H](CO)[C@@H](O)C[C@H]1O)c1ccccc1. The Morgan fingerprint density at radius 1 is 1.08 bits per heavy atom. The van der Waals surface area contributed by atoms with E-state index in [2.05, 4.69) is 26.1 Å². The Hall–Kier alpha value is -3.42. The molecule has 17 heteroatoms. The summed E-state index contributed by atoms with van der Waals surface area (Å²) in [6.45, 7) is 3.07. The van der Waals surface area contributed by atoms with Crippen molar-refractivity contribution in [3.8, 4) is 0 Å². The predicted octanol–water partition coefficient (Wildman–Crippen LogP) is 0.382. The average Bonchev–Trinajstić information content (AvgIpc) is 3.58. The van der Waals surface area contributed by atoms with Gasteiger partial charge in [-0.2, -0.15) is 5.11 Å². The number of nitrogens with one attached hydrogen (secondary N) is 3. The molecule has 2 amide bonds. The zero-order chi connectivity index (χ0) is 37.8. The molecule has 0 spiro atoms. The smallest absolute Gasteiger partial charge is 0.278 e. The van der Waals surface area contributed by atoms with E-state index in [4.69, 9.17) is 24.5 Å². The number of ether oxygens (including phenoxy) is 4. The van der Waals surface area contributed by atoms with Gasteiger partial charge < -0.3 is 49.4 Å². The summed E-state index contributed by atoms with van der Waals surface area (Å²) in [5, 5.41) is 47.5. The van der Waals surface area contributed by atoms with Crippen LogP contribution in [0.4, 0.5) is 0 Å². The summed E-state index contributed by atoms with van der Waals surface area (Å²) < 4.78 is 24.4. The topological polar surface area (TPSA) is 223 Å². The number of benzene rings is 1. The van der Waals surface area contributed by atoms with Crippen LogP contribution in [0.2, 0.25) is 0 Å². The van der Waals surface area contributed by atoms with Crippen LogP contribution in [0.15, 0.2) is 41.6 Å². The normalized spacial score (nSPS) is 20.3. The number of hydrogen-bond acceptors (Lipinski definition) is 13. The Labute approximate surface area is 306 Å². The maximum Gasteiger partial charge on any atom is 0.278 e. The molecule has 2 heterocycles. The summed E-state index contributed by atoms with van der Waals surface area (Å²) in [6.07, 6.45) is 1.04. The minimum absolute atomic E-state index is 0.0347. The number of quaternary nitrogens is 1. The monoisotopic (exact) mass is 735 g/mol. The Bertz CT molecular complexity index is 1310. The fourth-order valence-corrected chi connectivity index (χ4v) is 5.80. The summed E-state index contributed by atoms with van der Waals surface area (Å²) in [5.41, 5.74) is 8.39. The first-order valence-electron chi connectivity index (χ1n) is 18.0. The van der Waals surface area contributed by atoms with Gasteiger partial charge in [-0.05, 0) is 18.4 Å². The molecule has 6 N–H and O–H groups in total. The third-order valence-electron chi connectivity index (χ3n) is 8.81. The molecule has 0 saturated carbocycles. The molecule has 0 radical (unpaired) electrons. The lowest BCUT2D eigenvalue weighted by Gasteiger charge is -2.37. The molecule has 1 aromatic carbocycles. The highest BCUT2D eigenvalue weighted by atomic mass is 16.7. The molecule has 0 aliphatic carbocycles. The van der Waals surface area contributed by atoms with E-state index in [-0.39, 0.29) is 43.4 Å². The quantitative estimate of drug-likeness (QED) is 0.0440. The molecule has 1 aliphatic rings. The fraction of sp³-hybridized carbons (Fsp3) is 0.714. The van der Waals surface area contributed by atoms with Crippen LogP contribution >= 0.6 is 0 Å². The number of aryl methyl sites for hydroxylation is 2. The molecule has 292 valence electrons. The molecule has 1 aliphatic heterocycles. The number of amides is 2. The van der Waals surface area contributed by atoms with Crippen molar-refractivity contribution >= 4 is 11.8 Å². The van der Waals surface area contributed by atoms with Crippen molar-refractivity contribution in [2.75, 3.05) is 80.4 Å². The van der Waals surface area contributed by atoms with E-state index in [0.29, 0.717) is 76.4 Å². The van der Waals surface area contributed by atoms with Crippen LogP contribution < -0.4 is 10.6 Å². The number of unbranched alkanes of at least 4 members (excludes halogenated alkanes) is 1. The van der Waals surface area contributed by atoms with E-state index in [9.17, 15) is 24.9 Å². The number of nitrogens with zero attached hydrogens (tertiary/aromatic N) is 5. The second-order valence-corrected chi connectivity index (χ2v) is 13.8. The van der Waals surface area contributed by atoms with Crippen molar-refractivity contribution in [2.24, 2.45) is 5.11 Å². The first-order valence-corrected chi connectivity index (χ1v) is 18.0. The number of likely N-dealkylation sites (N-methyl/N-ethyl adjacent to an activating group) is 1. The number of rotatable bonds is 26. The molecule has 52 heavy (non-hydrogen) atoms. The highest BCUT2D eigenvalue weighted by Gasteiger charge is 2.37. The van der Waals surface area contributed by atoms with Crippen LogP contribution in [0.3, 0.4) is 0 Å². The molecule has 1 saturated heterocycles. The summed E-state index contributed by atoms with van der Waals surface area (Å²) >= 11 is 0. The van der Waals surface area contributed by atoms with Crippen molar-refractivity contribution in [3.05, 3.63) is 47.8 Å². The summed E-state index contributed by atoms with van der Waals surface area (Å²) in [5.74, 6) is -0.388. The van der Waals surface area contributed by atoms with Gasteiger partial charge in [-0.15, -0.1) is 5.10 Å². The minimum Gasteiger partial charge on any atom is -0.394 e. The van der Waals surface area contributed by atoms with Crippen molar-refractivity contribution in [1.82, 2.24) is 25.6 Å². The zero-order valence-corrected chi connectivity index (χ0v) is 30.8. The van der Waals surface area contributed by atoms with Crippen LogP contribution in [0.25, 0.3) is 0 Å². The van der Waals surface area contributed by atoms with Crippen LogP contribution in [-0.4, -0.2) is 158 Å². The van der Waals surface area contributed by atoms with Gasteiger partial charge in [0.15, 0.2) is 12.3 Å². The Balaban J connectivity index is 1.39. The van der Waals surface area contributed by atoms with Crippen molar-refractivity contribution in [3.63, 3.8) is 0 Å². The number of hydrogen-bond donors (Lipinski definition) is 6. The molecule has 0 bridgehead atoms. The van der Waals surface area contributed by atoms with E-state index in [1.807, 2.05) is 57.7 Å². The summed E-state index contributed by atoms with van der Waals surface area (Å²) in [7, 11) is 6.00. The van der Waals surface area contributed by atoms with Gasteiger partial charge in [-0.3, -0.25) is 14.3 Å². The van der Waals surface area contributed by atoms with E-state index < -0.39 is 24.6 Å². The van der Waals surface area contributed by atoms with E-state index in [1.54, 1.807) is 4.68 Å². The van der Waals surface area contributed by atoms with Crippen LogP contribution in [-0.2, 0) is 41.5 Å². The molecule has 17 nitrogen and oxygen atoms in total. The number of aliphatic hydroxyl groups excluding tert-OH is 3. The first kappa shape index (κ1) is 43.0. The highest BCUT2D eigenvalue weighted by Crippen LogP contribution is 2.24. The zero-order valence-electron chi connectivity index (χ0n) is 30.8. The fourth-order valence-electron chi connectivity index (χ4n) is 5.80. The molecule has 6 atom stereocenters. The van der Waals surface area contributed by atoms with Crippen LogP contribution in [0, 0.1) is 5.53 Å². The maximum absolute atomic E-state index is 13.6. The minimum atomic E-state index is -1.04. The lowest BCUT2D eigenvalue weighted by atomic mass is 9.99.